The van der Waals surface area contributed by atoms with Gasteiger partial charge in [-0.3, -0.25) is 4.79 Å². The number of hydrazine groups is 1. The van der Waals surface area contributed by atoms with Gasteiger partial charge < -0.3 is 9.47 Å². The first-order valence-electron chi connectivity index (χ1n) is 7.86. The molecular formula is C15H20N6OS. The third kappa shape index (κ3) is 2.66. The minimum atomic E-state index is -0.182. The molecule has 2 aromatic rings. The van der Waals surface area contributed by atoms with Gasteiger partial charge in [0.1, 0.15) is 11.9 Å². The molecule has 2 aliphatic rings. The molecule has 0 aromatic carbocycles. The topological polar surface area (TPSA) is 75.1 Å². The fourth-order valence-corrected chi connectivity index (χ4v) is 4.20. The van der Waals surface area contributed by atoms with Crippen molar-refractivity contribution in [3.05, 3.63) is 33.5 Å². The number of carbonyl (C=O) groups excluding carboxylic acids is 1. The normalized spacial score (nSPS) is 24.0. The third-order valence-corrected chi connectivity index (χ3v) is 5.67. The Balaban J connectivity index is 1.42. The van der Waals surface area contributed by atoms with Crippen LogP contribution in [0.4, 0.5) is 0 Å². The number of rotatable bonds is 2. The van der Waals surface area contributed by atoms with Crippen molar-refractivity contribution >= 4 is 17.2 Å². The Morgan fingerprint density at radius 1 is 1.26 bits per heavy atom. The molecule has 2 atom stereocenters. The molecule has 0 saturated carbocycles. The van der Waals surface area contributed by atoms with Crippen molar-refractivity contribution in [2.45, 2.75) is 45.4 Å². The number of thiophene rings is 1. The number of nitrogens with one attached hydrogen (secondary N) is 2. The van der Waals surface area contributed by atoms with Crippen molar-refractivity contribution < 1.29 is 4.79 Å². The van der Waals surface area contributed by atoms with Gasteiger partial charge in [0.25, 0.3) is 0 Å². The van der Waals surface area contributed by atoms with E-state index in [2.05, 4.69) is 44.7 Å². The Labute approximate surface area is 138 Å². The lowest BCUT2D eigenvalue weighted by Crippen LogP contribution is -2.48. The van der Waals surface area contributed by atoms with Crippen LogP contribution in [0, 0.1) is 13.8 Å². The summed E-state index contributed by atoms with van der Waals surface area (Å²) in [6.07, 6.45) is 0.779. The summed E-state index contributed by atoms with van der Waals surface area (Å²) in [5.74, 6) is 1.93. The fraction of sp³-hybridized carbons (Fsp3) is 0.533. The summed E-state index contributed by atoms with van der Waals surface area (Å²) in [5, 5.41) is 8.26. The molecule has 2 N–H and O–H groups in total. The molecule has 0 spiro atoms. The number of aromatic nitrogens is 3. The lowest BCUT2D eigenvalue weighted by Gasteiger charge is -2.29. The molecule has 2 unspecified atom stereocenters. The first-order chi connectivity index (χ1) is 11.1. The summed E-state index contributed by atoms with van der Waals surface area (Å²) in [7, 11) is 0. The van der Waals surface area contributed by atoms with E-state index in [1.807, 2.05) is 11.8 Å². The number of aryl methyl sites for hydroxylation is 2. The maximum absolute atomic E-state index is 12.8. The van der Waals surface area contributed by atoms with Crippen LogP contribution in [0.15, 0.2) is 12.1 Å². The van der Waals surface area contributed by atoms with Crippen molar-refractivity contribution in [3.63, 3.8) is 0 Å². The molecule has 23 heavy (non-hydrogen) atoms. The molecule has 4 heterocycles. The molecule has 2 aromatic heterocycles. The van der Waals surface area contributed by atoms with Gasteiger partial charge >= 0.3 is 0 Å². The van der Waals surface area contributed by atoms with Crippen LogP contribution in [-0.4, -0.2) is 38.2 Å². The van der Waals surface area contributed by atoms with Crippen molar-refractivity contribution in [2.24, 2.45) is 0 Å². The first-order valence-corrected chi connectivity index (χ1v) is 8.68. The van der Waals surface area contributed by atoms with Crippen molar-refractivity contribution in [3.8, 4) is 0 Å². The summed E-state index contributed by atoms with van der Waals surface area (Å²) in [5.41, 5.74) is 6.42. The van der Waals surface area contributed by atoms with Gasteiger partial charge in [0.15, 0.2) is 5.82 Å². The summed E-state index contributed by atoms with van der Waals surface area (Å²) in [4.78, 5) is 17.2. The highest BCUT2D eigenvalue weighted by molar-refractivity contribution is 7.12. The molecule has 122 valence electrons. The Morgan fingerprint density at radius 3 is 2.91 bits per heavy atom. The van der Waals surface area contributed by atoms with Gasteiger partial charge in [-0.05, 0) is 32.4 Å². The van der Waals surface area contributed by atoms with Gasteiger partial charge in [-0.25, -0.2) is 10.9 Å². The molecule has 1 amide bonds. The number of nitrogens with zero attached hydrogens (tertiary/aromatic N) is 4. The number of carbonyl (C=O) groups is 1. The average Bonchev–Trinajstić information content (AvgIpc) is 3.26. The van der Waals surface area contributed by atoms with Crippen LogP contribution < -0.4 is 10.9 Å². The van der Waals surface area contributed by atoms with Crippen LogP contribution in [0.25, 0.3) is 0 Å². The lowest BCUT2D eigenvalue weighted by atomic mass is 10.1. The highest BCUT2D eigenvalue weighted by Gasteiger charge is 2.35. The second-order valence-electron chi connectivity index (χ2n) is 6.15. The second kappa shape index (κ2) is 5.70. The quantitative estimate of drug-likeness (QED) is 0.855. The van der Waals surface area contributed by atoms with Crippen molar-refractivity contribution in [2.75, 3.05) is 6.54 Å². The molecule has 1 saturated heterocycles. The van der Waals surface area contributed by atoms with Crippen LogP contribution in [0.3, 0.4) is 0 Å². The third-order valence-electron chi connectivity index (χ3n) is 4.56. The van der Waals surface area contributed by atoms with Gasteiger partial charge in [0, 0.05) is 22.8 Å². The molecule has 8 heteroatoms. The zero-order valence-electron chi connectivity index (χ0n) is 13.2. The number of hydrogen-bond donors (Lipinski definition) is 2. The minimum absolute atomic E-state index is 0.139. The van der Waals surface area contributed by atoms with E-state index in [9.17, 15) is 4.79 Å². The molecule has 0 radical (unpaired) electrons. The van der Waals surface area contributed by atoms with E-state index < -0.39 is 0 Å². The molecule has 2 aliphatic heterocycles. The van der Waals surface area contributed by atoms with E-state index in [1.165, 1.54) is 9.75 Å². The smallest absolute Gasteiger partial charge is 0.241 e. The Bertz CT molecular complexity index is 738. The molecule has 0 bridgehead atoms. The highest BCUT2D eigenvalue weighted by Crippen LogP contribution is 2.29. The standard InChI is InChI=1S/C15H20N6OS/c1-9-3-4-13(23-9)11-7-12(18-17-11)15(22)20-5-6-21-10(2)16-19-14(21)8-20/h3-4,11-12,17-18H,5-8H2,1-2H3. The van der Waals surface area contributed by atoms with Crippen LogP contribution in [0.1, 0.15) is 33.9 Å². The minimum Gasteiger partial charge on any atom is -0.332 e. The van der Waals surface area contributed by atoms with E-state index >= 15 is 0 Å². The molecule has 0 aliphatic carbocycles. The van der Waals surface area contributed by atoms with Gasteiger partial charge in [-0.15, -0.1) is 21.5 Å². The van der Waals surface area contributed by atoms with Crippen molar-refractivity contribution in [1.29, 1.82) is 0 Å². The van der Waals surface area contributed by atoms with E-state index in [0.717, 1.165) is 24.6 Å². The summed E-state index contributed by atoms with van der Waals surface area (Å²) < 4.78 is 2.08. The number of fused-ring (bicyclic) bond motifs is 1. The predicted molar refractivity (Wildman–Crippen MR) is 86.6 cm³/mol. The van der Waals surface area contributed by atoms with Crippen molar-refractivity contribution in [1.82, 2.24) is 30.5 Å². The van der Waals surface area contributed by atoms with E-state index in [0.29, 0.717) is 13.1 Å². The number of amides is 1. The first kappa shape index (κ1) is 14.8. The maximum Gasteiger partial charge on any atom is 0.241 e. The fourth-order valence-electron chi connectivity index (χ4n) is 3.26. The zero-order valence-corrected chi connectivity index (χ0v) is 14.1. The molecule has 7 nitrogen and oxygen atoms in total. The monoisotopic (exact) mass is 332 g/mol. The highest BCUT2D eigenvalue weighted by atomic mass is 32.1. The molecule has 1 fully saturated rings. The summed E-state index contributed by atoms with van der Waals surface area (Å²) in [6.45, 7) is 6.08. The van der Waals surface area contributed by atoms with Crippen LogP contribution in [-0.2, 0) is 17.9 Å². The SMILES string of the molecule is Cc1ccc(C2CC(C(=O)N3CCn4c(C)nnc4C3)NN2)s1. The average molecular weight is 332 g/mol. The van der Waals surface area contributed by atoms with E-state index in [4.69, 9.17) is 0 Å². The van der Waals surface area contributed by atoms with Gasteiger partial charge in [0.05, 0.1) is 12.6 Å². The molecular weight excluding hydrogens is 312 g/mol. The maximum atomic E-state index is 12.8. The second-order valence-corrected chi connectivity index (χ2v) is 7.47. The van der Waals surface area contributed by atoms with E-state index in [-0.39, 0.29) is 18.0 Å². The lowest BCUT2D eigenvalue weighted by molar-refractivity contribution is -0.134. The summed E-state index contributed by atoms with van der Waals surface area (Å²) in [6, 6.07) is 4.28. The largest absolute Gasteiger partial charge is 0.332 e. The zero-order chi connectivity index (χ0) is 16.0. The van der Waals surface area contributed by atoms with Gasteiger partial charge in [-0.1, -0.05) is 0 Å². The number of hydrogen-bond acceptors (Lipinski definition) is 6. The van der Waals surface area contributed by atoms with Crippen LogP contribution >= 0.6 is 11.3 Å². The van der Waals surface area contributed by atoms with E-state index in [1.54, 1.807) is 11.3 Å². The Hall–Kier alpha value is -1.77. The predicted octanol–water partition coefficient (Wildman–Crippen LogP) is 0.906. The van der Waals surface area contributed by atoms with Crippen LogP contribution in [0.5, 0.6) is 0 Å². The Morgan fingerprint density at radius 2 is 2.13 bits per heavy atom. The molecule has 4 rings (SSSR count). The van der Waals surface area contributed by atoms with Gasteiger partial charge in [-0.2, -0.15) is 0 Å². The Kier molecular flexibility index (Phi) is 3.67. The van der Waals surface area contributed by atoms with Gasteiger partial charge in [0.2, 0.25) is 5.91 Å². The summed E-state index contributed by atoms with van der Waals surface area (Å²) >= 11 is 1.78. The van der Waals surface area contributed by atoms with Crippen LogP contribution in [0.2, 0.25) is 0 Å².